The average Bonchev–Trinajstić information content (AvgIpc) is 2.00. The summed E-state index contributed by atoms with van der Waals surface area (Å²) < 4.78 is 9.62. The molecule has 0 aromatic carbocycles. The van der Waals surface area contributed by atoms with E-state index >= 15 is 0 Å². The number of hydrogen-bond acceptors (Lipinski definition) is 4. The van der Waals surface area contributed by atoms with Crippen LogP contribution in [0.5, 0.6) is 0 Å². The minimum Gasteiger partial charge on any atom is -0.460 e. The van der Waals surface area contributed by atoms with Crippen molar-refractivity contribution in [2.75, 3.05) is 0 Å². The highest BCUT2D eigenvalue weighted by Crippen LogP contribution is 2.12. The Kier molecular flexibility index (Phi) is 5.05. The molecule has 0 saturated heterocycles. The van der Waals surface area contributed by atoms with Crippen molar-refractivity contribution in [3.63, 3.8) is 0 Å². The van der Waals surface area contributed by atoms with Crippen LogP contribution in [0, 0.1) is 5.92 Å². The minimum absolute atomic E-state index is 0.0178. The van der Waals surface area contributed by atoms with E-state index in [0.29, 0.717) is 0 Å². The maximum absolute atomic E-state index is 11.3. The van der Waals surface area contributed by atoms with Crippen LogP contribution in [0.3, 0.4) is 0 Å². The van der Waals surface area contributed by atoms with Gasteiger partial charge in [-0.1, -0.05) is 13.5 Å². The summed E-state index contributed by atoms with van der Waals surface area (Å²) in [6.07, 6.45) is 1.07. The van der Waals surface area contributed by atoms with E-state index in [4.69, 9.17) is 4.74 Å². The SMILES string of the molecule is C=COC(=O)C(C)CC(=O)OC(C)(C)C. The van der Waals surface area contributed by atoms with Gasteiger partial charge in [-0.05, 0) is 20.8 Å². The van der Waals surface area contributed by atoms with Gasteiger partial charge < -0.3 is 9.47 Å². The van der Waals surface area contributed by atoms with Gasteiger partial charge in [0, 0.05) is 0 Å². The second-order valence-corrected chi connectivity index (χ2v) is 4.30. The lowest BCUT2D eigenvalue weighted by Gasteiger charge is -2.20. The molecule has 0 aliphatic heterocycles. The first-order chi connectivity index (χ1) is 6.76. The lowest BCUT2D eigenvalue weighted by atomic mass is 10.1. The molecule has 0 aromatic rings. The fourth-order valence-corrected chi connectivity index (χ4v) is 0.915. The van der Waals surface area contributed by atoms with E-state index < -0.39 is 23.5 Å². The average molecular weight is 214 g/mol. The van der Waals surface area contributed by atoms with E-state index in [2.05, 4.69) is 11.3 Å². The molecule has 0 fully saturated rings. The lowest BCUT2D eigenvalue weighted by molar-refractivity contribution is -0.159. The third-order valence-corrected chi connectivity index (χ3v) is 1.49. The Labute approximate surface area is 90.2 Å². The quantitative estimate of drug-likeness (QED) is 0.531. The third-order valence-electron chi connectivity index (χ3n) is 1.49. The molecule has 0 heterocycles. The normalized spacial score (nSPS) is 12.8. The standard InChI is InChI=1S/C11H18O4/c1-6-14-10(13)8(2)7-9(12)15-11(3,4)5/h6,8H,1,7H2,2-5H3. The van der Waals surface area contributed by atoms with Gasteiger partial charge in [0.25, 0.3) is 0 Å². The van der Waals surface area contributed by atoms with Gasteiger partial charge in [0.05, 0.1) is 18.6 Å². The molecular weight excluding hydrogens is 196 g/mol. The molecule has 0 rings (SSSR count). The molecule has 4 nitrogen and oxygen atoms in total. The predicted octanol–water partition coefficient (Wildman–Crippen LogP) is 2.04. The van der Waals surface area contributed by atoms with Gasteiger partial charge in [0.2, 0.25) is 0 Å². The zero-order valence-corrected chi connectivity index (χ0v) is 9.70. The molecule has 1 atom stereocenters. The zero-order chi connectivity index (χ0) is 12.1. The Bertz CT molecular complexity index is 250. The van der Waals surface area contributed by atoms with E-state index in [9.17, 15) is 9.59 Å². The second kappa shape index (κ2) is 5.53. The lowest BCUT2D eigenvalue weighted by Crippen LogP contribution is -2.26. The summed E-state index contributed by atoms with van der Waals surface area (Å²) >= 11 is 0. The molecule has 0 spiro atoms. The first-order valence-corrected chi connectivity index (χ1v) is 4.79. The van der Waals surface area contributed by atoms with E-state index in [1.165, 1.54) is 0 Å². The Morgan fingerprint density at radius 2 is 1.93 bits per heavy atom. The Morgan fingerprint density at radius 3 is 2.33 bits per heavy atom. The number of ether oxygens (including phenoxy) is 2. The Morgan fingerprint density at radius 1 is 1.40 bits per heavy atom. The molecule has 0 aliphatic rings. The van der Waals surface area contributed by atoms with Crippen LogP contribution >= 0.6 is 0 Å². The van der Waals surface area contributed by atoms with Crippen LogP contribution in [0.15, 0.2) is 12.8 Å². The van der Waals surface area contributed by atoms with Gasteiger partial charge in [-0.3, -0.25) is 9.59 Å². The van der Waals surface area contributed by atoms with Crippen molar-refractivity contribution in [2.24, 2.45) is 5.92 Å². The molecule has 0 saturated carbocycles. The maximum atomic E-state index is 11.3. The molecular formula is C11H18O4. The van der Waals surface area contributed by atoms with Crippen molar-refractivity contribution in [3.8, 4) is 0 Å². The van der Waals surface area contributed by atoms with Gasteiger partial charge in [0.15, 0.2) is 0 Å². The number of rotatable bonds is 4. The van der Waals surface area contributed by atoms with Crippen molar-refractivity contribution in [1.29, 1.82) is 0 Å². The first kappa shape index (κ1) is 13.7. The van der Waals surface area contributed by atoms with Crippen molar-refractivity contribution < 1.29 is 19.1 Å². The molecule has 0 aromatic heterocycles. The highest BCUT2D eigenvalue weighted by Gasteiger charge is 2.22. The van der Waals surface area contributed by atoms with E-state index in [-0.39, 0.29) is 6.42 Å². The van der Waals surface area contributed by atoms with E-state index in [0.717, 1.165) is 6.26 Å². The highest BCUT2D eigenvalue weighted by molar-refractivity contribution is 5.80. The van der Waals surface area contributed by atoms with Crippen LogP contribution in [0.25, 0.3) is 0 Å². The van der Waals surface area contributed by atoms with E-state index in [1.54, 1.807) is 27.7 Å². The van der Waals surface area contributed by atoms with Crippen molar-refractivity contribution in [1.82, 2.24) is 0 Å². The topological polar surface area (TPSA) is 52.6 Å². The molecule has 0 radical (unpaired) electrons. The number of carbonyl (C=O) groups is 2. The summed E-state index contributed by atoms with van der Waals surface area (Å²) in [6.45, 7) is 10.2. The molecule has 0 bridgehead atoms. The van der Waals surface area contributed by atoms with Crippen LogP contribution in [-0.4, -0.2) is 17.5 Å². The second-order valence-electron chi connectivity index (χ2n) is 4.30. The highest BCUT2D eigenvalue weighted by atomic mass is 16.6. The Balaban J connectivity index is 4.07. The van der Waals surface area contributed by atoms with E-state index in [1.807, 2.05) is 0 Å². The Hall–Kier alpha value is -1.32. The number of carbonyl (C=O) groups excluding carboxylic acids is 2. The van der Waals surface area contributed by atoms with Gasteiger partial charge >= 0.3 is 11.9 Å². The minimum atomic E-state index is -0.529. The number of esters is 2. The summed E-state index contributed by atoms with van der Waals surface area (Å²) in [4.78, 5) is 22.5. The monoisotopic (exact) mass is 214 g/mol. The molecule has 0 amide bonds. The fourth-order valence-electron chi connectivity index (χ4n) is 0.915. The summed E-state index contributed by atoms with van der Waals surface area (Å²) in [7, 11) is 0. The summed E-state index contributed by atoms with van der Waals surface area (Å²) in [5, 5.41) is 0. The van der Waals surface area contributed by atoms with Crippen LogP contribution < -0.4 is 0 Å². The van der Waals surface area contributed by atoms with Crippen LogP contribution in [0.1, 0.15) is 34.1 Å². The van der Waals surface area contributed by atoms with Gasteiger partial charge in [-0.25, -0.2) is 0 Å². The van der Waals surface area contributed by atoms with Gasteiger partial charge in [-0.2, -0.15) is 0 Å². The summed E-state index contributed by atoms with van der Waals surface area (Å²) in [5.74, 6) is -1.40. The van der Waals surface area contributed by atoms with Gasteiger partial charge in [-0.15, -0.1) is 0 Å². The molecule has 86 valence electrons. The van der Waals surface area contributed by atoms with Crippen LogP contribution in [-0.2, 0) is 19.1 Å². The summed E-state index contributed by atoms with van der Waals surface area (Å²) in [5.41, 5.74) is -0.529. The third kappa shape index (κ3) is 6.71. The molecule has 1 unspecified atom stereocenters. The van der Waals surface area contributed by atoms with Crippen molar-refractivity contribution in [3.05, 3.63) is 12.8 Å². The van der Waals surface area contributed by atoms with Gasteiger partial charge in [0.1, 0.15) is 5.60 Å². The fraction of sp³-hybridized carbons (Fsp3) is 0.636. The molecule has 0 aliphatic carbocycles. The largest absolute Gasteiger partial charge is 0.460 e. The van der Waals surface area contributed by atoms with Crippen molar-refractivity contribution in [2.45, 2.75) is 39.7 Å². The van der Waals surface area contributed by atoms with Crippen LogP contribution in [0.2, 0.25) is 0 Å². The zero-order valence-electron chi connectivity index (χ0n) is 9.70. The predicted molar refractivity (Wildman–Crippen MR) is 55.9 cm³/mol. The maximum Gasteiger partial charge on any atom is 0.314 e. The summed E-state index contributed by atoms with van der Waals surface area (Å²) in [6, 6.07) is 0. The molecule has 15 heavy (non-hydrogen) atoms. The first-order valence-electron chi connectivity index (χ1n) is 4.79. The molecule has 4 heteroatoms. The molecule has 0 N–H and O–H groups in total. The van der Waals surface area contributed by atoms with Crippen LogP contribution in [0.4, 0.5) is 0 Å². The van der Waals surface area contributed by atoms with Crippen molar-refractivity contribution >= 4 is 11.9 Å². The smallest absolute Gasteiger partial charge is 0.314 e. The number of hydrogen-bond donors (Lipinski definition) is 0.